The fraction of sp³-hybridized carbons (Fsp3) is 0.471. The number of nitrogens with zero attached hydrogens (tertiary/aromatic N) is 4. The summed E-state index contributed by atoms with van der Waals surface area (Å²) in [6.07, 6.45) is 2.46. The average Bonchev–Trinajstić information content (AvgIpc) is 2.99. The minimum Gasteiger partial charge on any atom is -0.340 e. The maximum Gasteiger partial charge on any atom is 0.282 e. The summed E-state index contributed by atoms with van der Waals surface area (Å²) >= 11 is 0. The van der Waals surface area contributed by atoms with E-state index in [0.717, 1.165) is 12.8 Å². The molecule has 1 saturated heterocycles. The molecule has 1 fully saturated rings. The standard InChI is InChI=1S/C17H20N4O4/c1-11-5-3-7-14(21(23)24)16(11)17(22)20-8-4-6-13(10-20)9-15-18-12(2)25-19-15/h3,5,7,13H,4,6,8-10H2,1-2H3/t13-/m0/s1. The second-order valence-corrected chi connectivity index (χ2v) is 6.42. The van der Waals surface area contributed by atoms with Gasteiger partial charge in [0.25, 0.3) is 11.6 Å². The second kappa shape index (κ2) is 7.00. The molecule has 25 heavy (non-hydrogen) atoms. The molecule has 0 N–H and O–H groups in total. The van der Waals surface area contributed by atoms with Gasteiger partial charge < -0.3 is 9.42 Å². The smallest absolute Gasteiger partial charge is 0.282 e. The van der Waals surface area contributed by atoms with Crippen LogP contribution in [0.15, 0.2) is 22.7 Å². The van der Waals surface area contributed by atoms with Crippen LogP contribution in [-0.4, -0.2) is 39.0 Å². The number of likely N-dealkylation sites (tertiary alicyclic amines) is 1. The highest BCUT2D eigenvalue weighted by Gasteiger charge is 2.30. The molecule has 0 radical (unpaired) electrons. The number of hydrogen-bond acceptors (Lipinski definition) is 6. The van der Waals surface area contributed by atoms with E-state index in [-0.39, 0.29) is 23.1 Å². The third-order valence-corrected chi connectivity index (χ3v) is 4.51. The molecule has 1 atom stereocenters. The number of carbonyl (C=O) groups excluding carboxylic acids is 1. The van der Waals surface area contributed by atoms with Gasteiger partial charge in [-0.2, -0.15) is 4.98 Å². The molecule has 8 nitrogen and oxygen atoms in total. The first-order chi connectivity index (χ1) is 12.0. The number of rotatable bonds is 4. The quantitative estimate of drug-likeness (QED) is 0.624. The van der Waals surface area contributed by atoms with Gasteiger partial charge in [-0.05, 0) is 31.2 Å². The van der Waals surface area contributed by atoms with Crippen molar-refractivity contribution >= 4 is 11.6 Å². The third kappa shape index (κ3) is 3.67. The van der Waals surface area contributed by atoms with Crippen LogP contribution >= 0.6 is 0 Å². The molecular formula is C17H20N4O4. The van der Waals surface area contributed by atoms with Gasteiger partial charge in [0.1, 0.15) is 5.56 Å². The van der Waals surface area contributed by atoms with Crippen LogP contribution in [0.1, 0.15) is 40.5 Å². The summed E-state index contributed by atoms with van der Waals surface area (Å²) < 4.78 is 4.99. The number of nitro benzene ring substituents is 1. The van der Waals surface area contributed by atoms with Crippen molar-refractivity contribution in [3.8, 4) is 0 Å². The molecule has 1 aromatic carbocycles. The molecule has 2 aromatic rings. The van der Waals surface area contributed by atoms with Crippen molar-refractivity contribution in [3.63, 3.8) is 0 Å². The minimum atomic E-state index is -0.496. The van der Waals surface area contributed by atoms with E-state index in [1.165, 1.54) is 6.07 Å². The van der Waals surface area contributed by atoms with Crippen molar-refractivity contribution in [3.05, 3.63) is 51.2 Å². The summed E-state index contributed by atoms with van der Waals surface area (Å²) in [6.45, 7) is 4.61. The number of aromatic nitrogens is 2. The van der Waals surface area contributed by atoms with Gasteiger partial charge in [-0.25, -0.2) is 0 Å². The van der Waals surface area contributed by atoms with E-state index in [1.54, 1.807) is 30.9 Å². The lowest BCUT2D eigenvalue weighted by atomic mass is 9.93. The van der Waals surface area contributed by atoms with E-state index in [4.69, 9.17) is 4.52 Å². The summed E-state index contributed by atoms with van der Waals surface area (Å²) in [7, 11) is 0. The molecule has 0 saturated carbocycles. The molecule has 1 aliphatic heterocycles. The van der Waals surface area contributed by atoms with Gasteiger partial charge in [0.15, 0.2) is 5.82 Å². The average molecular weight is 344 g/mol. The number of carbonyl (C=O) groups is 1. The summed E-state index contributed by atoms with van der Waals surface area (Å²) in [6, 6.07) is 4.70. The summed E-state index contributed by atoms with van der Waals surface area (Å²) in [4.78, 5) is 29.6. The lowest BCUT2D eigenvalue weighted by Crippen LogP contribution is -2.41. The number of benzene rings is 1. The largest absolute Gasteiger partial charge is 0.340 e. The van der Waals surface area contributed by atoms with Crippen LogP contribution in [0.25, 0.3) is 0 Å². The second-order valence-electron chi connectivity index (χ2n) is 6.42. The van der Waals surface area contributed by atoms with E-state index in [0.29, 0.717) is 36.8 Å². The Morgan fingerprint density at radius 1 is 1.44 bits per heavy atom. The lowest BCUT2D eigenvalue weighted by molar-refractivity contribution is -0.385. The van der Waals surface area contributed by atoms with E-state index >= 15 is 0 Å². The Balaban J connectivity index is 1.77. The SMILES string of the molecule is Cc1nc(C[C@@H]2CCCN(C(=O)c3c(C)cccc3[N+](=O)[O-])C2)no1. The zero-order valence-corrected chi connectivity index (χ0v) is 14.3. The molecule has 0 aliphatic carbocycles. The minimum absolute atomic E-state index is 0.138. The predicted octanol–water partition coefficient (Wildman–Crippen LogP) is 2.69. The van der Waals surface area contributed by atoms with Crippen LogP contribution in [-0.2, 0) is 6.42 Å². The Kier molecular flexibility index (Phi) is 4.78. The van der Waals surface area contributed by atoms with Gasteiger partial charge in [0.2, 0.25) is 5.89 Å². The van der Waals surface area contributed by atoms with Crippen molar-refractivity contribution in [2.45, 2.75) is 33.1 Å². The summed E-state index contributed by atoms with van der Waals surface area (Å²) in [5.74, 6) is 1.10. The van der Waals surface area contributed by atoms with Crippen LogP contribution in [0.3, 0.4) is 0 Å². The topological polar surface area (TPSA) is 102 Å². The summed E-state index contributed by atoms with van der Waals surface area (Å²) in [5, 5.41) is 15.2. The normalized spacial score (nSPS) is 17.5. The van der Waals surface area contributed by atoms with Crippen molar-refractivity contribution in [2.24, 2.45) is 5.92 Å². The van der Waals surface area contributed by atoms with Gasteiger partial charge >= 0.3 is 0 Å². The van der Waals surface area contributed by atoms with Crippen LogP contribution in [0.2, 0.25) is 0 Å². The van der Waals surface area contributed by atoms with Gasteiger partial charge in [-0.1, -0.05) is 17.3 Å². The van der Waals surface area contributed by atoms with Crippen LogP contribution < -0.4 is 0 Å². The molecular weight excluding hydrogens is 324 g/mol. The summed E-state index contributed by atoms with van der Waals surface area (Å²) in [5.41, 5.74) is 0.666. The number of amides is 1. The van der Waals surface area contributed by atoms with Gasteiger partial charge in [0.05, 0.1) is 4.92 Å². The van der Waals surface area contributed by atoms with Crippen molar-refractivity contribution in [2.75, 3.05) is 13.1 Å². The molecule has 1 aromatic heterocycles. The van der Waals surface area contributed by atoms with Gasteiger partial charge in [-0.3, -0.25) is 14.9 Å². The Morgan fingerprint density at radius 3 is 2.92 bits per heavy atom. The molecule has 0 unspecified atom stereocenters. The molecule has 132 valence electrons. The molecule has 1 aliphatic rings. The zero-order chi connectivity index (χ0) is 18.0. The highest BCUT2D eigenvalue weighted by molar-refractivity contribution is 5.99. The van der Waals surface area contributed by atoms with E-state index in [9.17, 15) is 14.9 Å². The fourth-order valence-corrected chi connectivity index (χ4v) is 3.34. The number of piperidine rings is 1. The molecule has 8 heteroatoms. The third-order valence-electron chi connectivity index (χ3n) is 4.51. The first-order valence-electron chi connectivity index (χ1n) is 8.28. The Morgan fingerprint density at radius 2 is 2.24 bits per heavy atom. The Labute approximate surface area is 145 Å². The predicted molar refractivity (Wildman–Crippen MR) is 89.2 cm³/mol. The number of hydrogen-bond donors (Lipinski definition) is 0. The highest BCUT2D eigenvalue weighted by atomic mass is 16.6. The first kappa shape index (κ1) is 17.1. The lowest BCUT2D eigenvalue weighted by Gasteiger charge is -2.32. The Hall–Kier alpha value is -2.77. The van der Waals surface area contributed by atoms with Gasteiger partial charge in [0, 0.05) is 32.5 Å². The zero-order valence-electron chi connectivity index (χ0n) is 14.3. The van der Waals surface area contributed by atoms with Crippen molar-refractivity contribution < 1.29 is 14.2 Å². The molecule has 0 bridgehead atoms. The number of aryl methyl sites for hydroxylation is 2. The van der Waals surface area contributed by atoms with Crippen LogP contribution in [0.4, 0.5) is 5.69 Å². The number of nitro groups is 1. The monoisotopic (exact) mass is 344 g/mol. The fourth-order valence-electron chi connectivity index (χ4n) is 3.34. The Bertz CT molecular complexity index is 802. The maximum atomic E-state index is 12.9. The molecule has 0 spiro atoms. The molecule has 2 heterocycles. The first-order valence-corrected chi connectivity index (χ1v) is 8.28. The van der Waals surface area contributed by atoms with E-state index in [1.807, 2.05) is 0 Å². The van der Waals surface area contributed by atoms with Gasteiger partial charge in [-0.15, -0.1) is 0 Å². The van der Waals surface area contributed by atoms with Crippen molar-refractivity contribution in [1.29, 1.82) is 0 Å². The van der Waals surface area contributed by atoms with E-state index in [2.05, 4.69) is 10.1 Å². The molecule has 1 amide bonds. The van der Waals surface area contributed by atoms with Crippen LogP contribution in [0, 0.1) is 29.9 Å². The van der Waals surface area contributed by atoms with E-state index < -0.39 is 4.92 Å². The van der Waals surface area contributed by atoms with Crippen LogP contribution in [0.5, 0.6) is 0 Å². The maximum absolute atomic E-state index is 12.9. The molecule has 3 rings (SSSR count). The van der Waals surface area contributed by atoms with Crippen molar-refractivity contribution in [1.82, 2.24) is 15.0 Å². The highest BCUT2D eigenvalue weighted by Crippen LogP contribution is 2.27.